The summed E-state index contributed by atoms with van der Waals surface area (Å²) in [5.74, 6) is 1.15. The Labute approximate surface area is 236 Å². The van der Waals surface area contributed by atoms with Gasteiger partial charge in [0.25, 0.3) is 5.91 Å². The smallest absolute Gasteiger partial charge is 0.360 e. The second-order valence-corrected chi connectivity index (χ2v) is 9.71. The third-order valence-corrected chi connectivity index (χ3v) is 7.16. The molecule has 1 heterocycles. The van der Waals surface area contributed by atoms with Gasteiger partial charge in [-0.1, -0.05) is 12.1 Å². The van der Waals surface area contributed by atoms with Gasteiger partial charge in [0.1, 0.15) is 29.4 Å². The molecule has 0 aliphatic heterocycles. The van der Waals surface area contributed by atoms with Crippen molar-refractivity contribution in [2.24, 2.45) is 0 Å². The van der Waals surface area contributed by atoms with E-state index in [1.807, 2.05) is 24.3 Å². The lowest BCUT2D eigenvalue weighted by molar-refractivity contribution is -0.0749. The third kappa shape index (κ3) is 5.70. The van der Waals surface area contributed by atoms with Crippen LogP contribution in [0.5, 0.6) is 23.0 Å². The molecule has 3 N–H and O–H groups in total. The highest BCUT2D eigenvalue weighted by Crippen LogP contribution is 2.38. The van der Waals surface area contributed by atoms with E-state index in [2.05, 4.69) is 5.32 Å². The predicted octanol–water partition coefficient (Wildman–Crippen LogP) is 4.39. The molecule has 1 amide bonds. The second-order valence-electron chi connectivity index (χ2n) is 9.71. The van der Waals surface area contributed by atoms with Crippen molar-refractivity contribution >= 4 is 22.6 Å². The summed E-state index contributed by atoms with van der Waals surface area (Å²) < 4.78 is 27.8. The largest absolute Gasteiger partial charge is 0.497 e. The first-order valence-corrected chi connectivity index (χ1v) is 13.1. The van der Waals surface area contributed by atoms with Crippen molar-refractivity contribution in [3.63, 3.8) is 0 Å². The molecular weight excluding hydrogens is 530 g/mol. The molecule has 0 radical (unpaired) electrons. The number of rotatable bonds is 8. The maximum atomic E-state index is 13.2. The van der Waals surface area contributed by atoms with Crippen LogP contribution in [0.3, 0.4) is 0 Å². The summed E-state index contributed by atoms with van der Waals surface area (Å²) >= 11 is 0. The zero-order valence-electron chi connectivity index (χ0n) is 22.9. The molecule has 1 aliphatic rings. The third-order valence-electron chi connectivity index (χ3n) is 7.16. The van der Waals surface area contributed by atoms with E-state index in [-0.39, 0.29) is 22.8 Å². The summed E-state index contributed by atoms with van der Waals surface area (Å²) in [6.07, 6.45) is -0.803. The number of benzene rings is 3. The number of hydrogen-bond donors (Lipinski definition) is 3. The molecule has 1 fully saturated rings. The molecule has 0 saturated heterocycles. The SMILES string of the molecule is COc1cccc(-c2cc(C(=O)Nc3cc4ccc(OC5CCC[C@@H](O)[C@H]5O)c(OC)c4oc3=O)ccc2OC)c1. The number of carbonyl (C=O) groups excluding carboxylic acids is 1. The maximum Gasteiger partial charge on any atom is 0.360 e. The van der Waals surface area contributed by atoms with Gasteiger partial charge < -0.3 is 38.9 Å². The van der Waals surface area contributed by atoms with Crippen LogP contribution in [0.1, 0.15) is 29.6 Å². The van der Waals surface area contributed by atoms with Crippen LogP contribution in [0.4, 0.5) is 5.69 Å². The highest BCUT2D eigenvalue weighted by molar-refractivity contribution is 6.06. The lowest BCUT2D eigenvalue weighted by Crippen LogP contribution is -2.44. The quantitative estimate of drug-likeness (QED) is 0.268. The molecule has 0 spiro atoms. The van der Waals surface area contributed by atoms with Crippen molar-refractivity contribution in [2.75, 3.05) is 26.6 Å². The molecule has 5 rings (SSSR count). The number of carbonyl (C=O) groups is 1. The Morgan fingerprint density at radius 1 is 0.927 bits per heavy atom. The van der Waals surface area contributed by atoms with Crippen molar-refractivity contribution in [1.82, 2.24) is 0 Å². The molecule has 1 aromatic heterocycles. The van der Waals surface area contributed by atoms with Gasteiger partial charge in [0.05, 0.1) is 27.4 Å². The molecule has 214 valence electrons. The van der Waals surface area contributed by atoms with Gasteiger partial charge >= 0.3 is 5.63 Å². The number of fused-ring (bicyclic) bond motifs is 1. The first-order chi connectivity index (χ1) is 19.8. The molecule has 1 aliphatic carbocycles. The van der Waals surface area contributed by atoms with E-state index in [9.17, 15) is 19.8 Å². The van der Waals surface area contributed by atoms with Gasteiger partial charge in [0.2, 0.25) is 5.75 Å². The average molecular weight is 562 g/mol. The zero-order valence-corrected chi connectivity index (χ0v) is 22.9. The van der Waals surface area contributed by atoms with Crippen molar-refractivity contribution in [3.05, 3.63) is 76.6 Å². The van der Waals surface area contributed by atoms with E-state index in [0.717, 1.165) is 5.56 Å². The normalized spacial score (nSPS) is 18.5. The van der Waals surface area contributed by atoms with Crippen molar-refractivity contribution in [1.29, 1.82) is 0 Å². The Kier molecular flexibility index (Phi) is 8.14. The average Bonchev–Trinajstić information content (AvgIpc) is 2.99. The fourth-order valence-electron chi connectivity index (χ4n) is 4.98. The molecular formula is C31H31NO9. The van der Waals surface area contributed by atoms with E-state index in [0.29, 0.717) is 47.3 Å². The minimum Gasteiger partial charge on any atom is -0.497 e. The molecule has 1 unspecified atom stereocenters. The highest BCUT2D eigenvalue weighted by atomic mass is 16.5. The first-order valence-electron chi connectivity index (χ1n) is 13.1. The second kappa shape index (κ2) is 11.9. The number of ether oxygens (including phenoxy) is 4. The lowest BCUT2D eigenvalue weighted by atomic mass is 9.92. The number of methoxy groups -OCH3 is 3. The van der Waals surface area contributed by atoms with Gasteiger partial charge in [-0.15, -0.1) is 0 Å². The fourth-order valence-corrected chi connectivity index (χ4v) is 4.98. The predicted molar refractivity (Wildman–Crippen MR) is 152 cm³/mol. The molecule has 4 aromatic rings. The fraction of sp³-hybridized carbons (Fsp3) is 0.290. The van der Waals surface area contributed by atoms with Gasteiger partial charge in [-0.2, -0.15) is 0 Å². The minimum absolute atomic E-state index is 0.0530. The summed E-state index contributed by atoms with van der Waals surface area (Å²) in [7, 11) is 4.53. The summed E-state index contributed by atoms with van der Waals surface area (Å²) in [6, 6.07) is 17.1. The van der Waals surface area contributed by atoms with Crippen molar-refractivity contribution in [3.8, 4) is 34.1 Å². The number of aliphatic hydroxyl groups is 2. The van der Waals surface area contributed by atoms with Gasteiger partial charge in [-0.05, 0) is 73.4 Å². The summed E-state index contributed by atoms with van der Waals surface area (Å²) in [5.41, 5.74) is 1.07. The number of aliphatic hydroxyl groups excluding tert-OH is 2. The van der Waals surface area contributed by atoms with Crippen molar-refractivity contribution < 1.29 is 38.4 Å². The Morgan fingerprint density at radius 2 is 1.73 bits per heavy atom. The van der Waals surface area contributed by atoms with Crippen LogP contribution in [0, 0.1) is 0 Å². The molecule has 0 bridgehead atoms. The summed E-state index contributed by atoms with van der Waals surface area (Å²) in [6.45, 7) is 0. The zero-order chi connectivity index (χ0) is 29.1. The standard InChI is InChI=1S/C31H31NO9/c1-37-20-7-4-6-17(14-20)21-15-19(11-12-24(21)38-2)30(35)32-22-16-18-10-13-26(29(39-3)28(18)41-31(22)36)40-25-9-5-8-23(33)27(25)34/h4,6-7,10-16,23,25,27,33-34H,5,8-9H2,1-3H3,(H,32,35)/t23-,25?,27-/m1/s1. The minimum atomic E-state index is -1.05. The van der Waals surface area contributed by atoms with Gasteiger partial charge in [0, 0.05) is 16.5 Å². The molecule has 10 heteroatoms. The van der Waals surface area contributed by atoms with E-state index in [1.54, 1.807) is 44.6 Å². The van der Waals surface area contributed by atoms with E-state index in [4.69, 9.17) is 23.4 Å². The Morgan fingerprint density at radius 3 is 2.49 bits per heavy atom. The Hall–Kier alpha value is -4.54. The monoisotopic (exact) mass is 561 g/mol. The van der Waals surface area contributed by atoms with Gasteiger partial charge in [-0.3, -0.25) is 4.79 Å². The molecule has 10 nitrogen and oxygen atoms in total. The van der Waals surface area contributed by atoms with Crippen LogP contribution in [0.25, 0.3) is 22.1 Å². The van der Waals surface area contributed by atoms with Crippen LogP contribution >= 0.6 is 0 Å². The van der Waals surface area contributed by atoms with E-state index < -0.39 is 29.8 Å². The van der Waals surface area contributed by atoms with Gasteiger partial charge in [-0.25, -0.2) is 4.79 Å². The van der Waals surface area contributed by atoms with Crippen LogP contribution < -0.4 is 29.9 Å². The molecule has 1 saturated carbocycles. The summed E-state index contributed by atoms with van der Waals surface area (Å²) in [5, 5.41) is 23.5. The lowest BCUT2D eigenvalue weighted by Gasteiger charge is -2.32. The highest BCUT2D eigenvalue weighted by Gasteiger charge is 2.33. The maximum absolute atomic E-state index is 13.2. The number of anilines is 1. The van der Waals surface area contributed by atoms with Crippen LogP contribution in [-0.4, -0.2) is 55.8 Å². The molecule has 3 aromatic carbocycles. The Balaban J connectivity index is 1.43. The number of hydrogen-bond acceptors (Lipinski definition) is 9. The van der Waals surface area contributed by atoms with Crippen LogP contribution in [0.15, 0.2) is 69.9 Å². The number of nitrogens with one attached hydrogen (secondary N) is 1. The first kappa shape index (κ1) is 28.0. The van der Waals surface area contributed by atoms with Crippen LogP contribution in [0.2, 0.25) is 0 Å². The Bertz CT molecular complexity index is 1630. The number of amides is 1. The topological polar surface area (TPSA) is 137 Å². The van der Waals surface area contributed by atoms with E-state index >= 15 is 0 Å². The summed E-state index contributed by atoms with van der Waals surface area (Å²) in [4.78, 5) is 26.2. The van der Waals surface area contributed by atoms with E-state index in [1.165, 1.54) is 13.2 Å². The van der Waals surface area contributed by atoms with Crippen molar-refractivity contribution in [2.45, 2.75) is 37.6 Å². The molecule has 41 heavy (non-hydrogen) atoms. The molecule has 3 atom stereocenters. The van der Waals surface area contributed by atoms with Gasteiger partial charge in [0.15, 0.2) is 11.3 Å². The van der Waals surface area contributed by atoms with Crippen LogP contribution in [-0.2, 0) is 0 Å².